The highest BCUT2D eigenvalue weighted by molar-refractivity contribution is 5.88. The minimum Gasteiger partial charge on any atom is -0.379 e. The number of likely N-dealkylation sites (tertiary alicyclic amines) is 1. The lowest BCUT2D eigenvalue weighted by molar-refractivity contribution is -0.142. The summed E-state index contributed by atoms with van der Waals surface area (Å²) < 4.78 is 5.50. The maximum absolute atomic E-state index is 12.7. The van der Waals surface area contributed by atoms with Crippen LogP contribution < -0.4 is 5.32 Å². The number of nitrogens with zero attached hydrogens (tertiary/aromatic N) is 1. The van der Waals surface area contributed by atoms with E-state index >= 15 is 0 Å². The van der Waals surface area contributed by atoms with Gasteiger partial charge in [-0.25, -0.2) is 0 Å². The molecule has 5 heteroatoms. The van der Waals surface area contributed by atoms with Gasteiger partial charge in [0.05, 0.1) is 6.61 Å². The van der Waals surface area contributed by atoms with Crippen LogP contribution in [0.4, 0.5) is 0 Å². The quantitative estimate of drug-likeness (QED) is 0.731. The molecule has 2 atom stereocenters. The fourth-order valence-electron chi connectivity index (χ4n) is 3.61. The van der Waals surface area contributed by atoms with Crippen molar-refractivity contribution in [2.75, 3.05) is 32.8 Å². The highest BCUT2D eigenvalue weighted by atomic mass is 16.5. The van der Waals surface area contributed by atoms with Crippen LogP contribution in [0.1, 0.15) is 52.4 Å². The van der Waals surface area contributed by atoms with Crippen molar-refractivity contribution in [1.29, 1.82) is 0 Å². The molecule has 1 saturated heterocycles. The molecule has 0 spiro atoms. The first-order chi connectivity index (χ1) is 11.1. The number of ether oxygens (including phenoxy) is 1. The Kier molecular flexibility index (Phi) is 7.34. The molecule has 1 N–H and O–H groups in total. The number of carbonyl (C=O) groups is 2. The minimum atomic E-state index is -0.151. The Morgan fingerprint density at radius 2 is 1.74 bits per heavy atom. The van der Waals surface area contributed by atoms with Gasteiger partial charge in [0.25, 0.3) is 0 Å². The first-order valence-corrected chi connectivity index (χ1v) is 9.24. The Labute approximate surface area is 140 Å². The van der Waals surface area contributed by atoms with Crippen molar-refractivity contribution in [3.05, 3.63) is 0 Å². The Morgan fingerprint density at radius 1 is 1.09 bits per heavy atom. The van der Waals surface area contributed by atoms with E-state index in [0.717, 1.165) is 58.2 Å². The standard InChI is InChI=1S/C18H32N2O3/c1-14(2)13-23-12-9-19-17(21)15-7-3-4-8-16(15)18(22)20-10-5-6-11-20/h14-16H,3-13H2,1-2H3,(H,19,21)/t15-,16+/m1/s1. The molecule has 1 saturated carbocycles. The number of carbonyl (C=O) groups excluding carboxylic acids is 2. The Balaban J connectivity index is 1.80. The summed E-state index contributed by atoms with van der Waals surface area (Å²) in [5, 5.41) is 2.97. The van der Waals surface area contributed by atoms with Crippen LogP contribution in [-0.4, -0.2) is 49.6 Å². The van der Waals surface area contributed by atoms with Crippen molar-refractivity contribution in [1.82, 2.24) is 10.2 Å². The van der Waals surface area contributed by atoms with Gasteiger partial charge in [-0.1, -0.05) is 26.7 Å². The average Bonchev–Trinajstić information content (AvgIpc) is 3.08. The van der Waals surface area contributed by atoms with E-state index in [0.29, 0.717) is 19.1 Å². The molecule has 0 radical (unpaired) electrons. The molecule has 0 bridgehead atoms. The van der Waals surface area contributed by atoms with Crippen LogP contribution in [0.3, 0.4) is 0 Å². The summed E-state index contributed by atoms with van der Waals surface area (Å²) in [5.41, 5.74) is 0. The lowest BCUT2D eigenvalue weighted by Gasteiger charge is -2.32. The van der Waals surface area contributed by atoms with Crippen LogP contribution in [0.2, 0.25) is 0 Å². The highest BCUT2D eigenvalue weighted by Crippen LogP contribution is 2.32. The third kappa shape index (κ3) is 5.48. The summed E-state index contributed by atoms with van der Waals surface area (Å²) in [6.45, 7) is 7.74. The Hall–Kier alpha value is -1.10. The molecule has 23 heavy (non-hydrogen) atoms. The molecular weight excluding hydrogens is 292 g/mol. The normalized spacial score (nSPS) is 24.9. The summed E-state index contributed by atoms with van der Waals surface area (Å²) in [6, 6.07) is 0. The average molecular weight is 324 g/mol. The van der Waals surface area contributed by atoms with Gasteiger partial charge in [-0.05, 0) is 31.6 Å². The summed E-state index contributed by atoms with van der Waals surface area (Å²) in [4.78, 5) is 27.1. The van der Waals surface area contributed by atoms with Crippen LogP contribution in [-0.2, 0) is 14.3 Å². The minimum absolute atomic E-state index is 0.0374. The second-order valence-electron chi connectivity index (χ2n) is 7.29. The third-order valence-electron chi connectivity index (χ3n) is 4.83. The van der Waals surface area contributed by atoms with Crippen molar-refractivity contribution in [3.8, 4) is 0 Å². The second kappa shape index (κ2) is 9.26. The maximum atomic E-state index is 12.7. The Bertz CT molecular complexity index is 392. The van der Waals surface area contributed by atoms with E-state index in [4.69, 9.17) is 4.74 Å². The van der Waals surface area contributed by atoms with Crippen molar-refractivity contribution < 1.29 is 14.3 Å². The molecule has 0 unspecified atom stereocenters. The van der Waals surface area contributed by atoms with Gasteiger partial charge in [0, 0.05) is 38.1 Å². The van der Waals surface area contributed by atoms with Crippen molar-refractivity contribution in [2.45, 2.75) is 52.4 Å². The van der Waals surface area contributed by atoms with Crippen molar-refractivity contribution in [3.63, 3.8) is 0 Å². The summed E-state index contributed by atoms with van der Waals surface area (Å²) in [7, 11) is 0. The third-order valence-corrected chi connectivity index (χ3v) is 4.83. The monoisotopic (exact) mass is 324 g/mol. The molecule has 5 nitrogen and oxygen atoms in total. The highest BCUT2D eigenvalue weighted by Gasteiger charge is 2.38. The molecule has 0 aromatic rings. The number of nitrogens with one attached hydrogen (secondary N) is 1. The zero-order chi connectivity index (χ0) is 16.7. The zero-order valence-corrected chi connectivity index (χ0v) is 14.7. The number of hydrogen-bond donors (Lipinski definition) is 1. The van der Waals surface area contributed by atoms with Gasteiger partial charge in [-0.3, -0.25) is 9.59 Å². The van der Waals surface area contributed by atoms with E-state index in [1.54, 1.807) is 0 Å². The first-order valence-electron chi connectivity index (χ1n) is 9.24. The van der Waals surface area contributed by atoms with Crippen LogP contribution in [0.25, 0.3) is 0 Å². The van der Waals surface area contributed by atoms with E-state index in [1.807, 2.05) is 4.90 Å². The van der Waals surface area contributed by atoms with Crippen molar-refractivity contribution in [2.24, 2.45) is 17.8 Å². The van der Waals surface area contributed by atoms with Gasteiger partial charge >= 0.3 is 0 Å². The van der Waals surface area contributed by atoms with E-state index in [9.17, 15) is 9.59 Å². The van der Waals surface area contributed by atoms with Gasteiger partial charge in [0.15, 0.2) is 0 Å². The molecule has 2 rings (SSSR count). The van der Waals surface area contributed by atoms with E-state index in [1.165, 1.54) is 0 Å². The van der Waals surface area contributed by atoms with Gasteiger partial charge in [0.1, 0.15) is 0 Å². The zero-order valence-electron chi connectivity index (χ0n) is 14.7. The van der Waals surface area contributed by atoms with Crippen molar-refractivity contribution >= 4 is 11.8 Å². The predicted octanol–water partition coefficient (Wildman–Crippen LogP) is 2.20. The summed E-state index contributed by atoms with van der Waals surface area (Å²) >= 11 is 0. The van der Waals surface area contributed by atoms with Crippen LogP contribution in [0.15, 0.2) is 0 Å². The topological polar surface area (TPSA) is 58.6 Å². The van der Waals surface area contributed by atoms with Gasteiger partial charge in [-0.2, -0.15) is 0 Å². The lowest BCUT2D eigenvalue weighted by Crippen LogP contribution is -2.45. The predicted molar refractivity (Wildman–Crippen MR) is 89.9 cm³/mol. The Morgan fingerprint density at radius 3 is 2.39 bits per heavy atom. The molecule has 0 aromatic heterocycles. The molecule has 1 heterocycles. The molecule has 0 aromatic carbocycles. The van der Waals surface area contributed by atoms with Crippen LogP contribution in [0.5, 0.6) is 0 Å². The first kappa shape index (κ1) is 18.2. The fraction of sp³-hybridized carbons (Fsp3) is 0.889. The fourth-order valence-corrected chi connectivity index (χ4v) is 3.61. The van der Waals surface area contributed by atoms with Gasteiger partial charge < -0.3 is 15.0 Å². The second-order valence-corrected chi connectivity index (χ2v) is 7.29. The molecule has 1 aliphatic heterocycles. The van der Waals surface area contributed by atoms with Crippen LogP contribution in [0, 0.1) is 17.8 Å². The SMILES string of the molecule is CC(C)COCCNC(=O)[C@@H]1CCCC[C@@H]1C(=O)N1CCCC1. The van der Waals surface area contributed by atoms with Gasteiger partial charge in [-0.15, -0.1) is 0 Å². The smallest absolute Gasteiger partial charge is 0.226 e. The summed E-state index contributed by atoms with van der Waals surface area (Å²) in [5.74, 6) is 0.487. The maximum Gasteiger partial charge on any atom is 0.226 e. The molecule has 1 aliphatic carbocycles. The molecule has 132 valence electrons. The van der Waals surface area contributed by atoms with E-state index in [-0.39, 0.29) is 23.7 Å². The largest absolute Gasteiger partial charge is 0.379 e. The summed E-state index contributed by atoms with van der Waals surface area (Å²) in [6.07, 6.45) is 6.00. The molecule has 2 amide bonds. The van der Waals surface area contributed by atoms with Crippen LogP contribution >= 0.6 is 0 Å². The lowest BCUT2D eigenvalue weighted by atomic mass is 9.78. The van der Waals surface area contributed by atoms with Gasteiger partial charge in [0.2, 0.25) is 11.8 Å². The number of amides is 2. The number of rotatable bonds is 7. The van der Waals surface area contributed by atoms with E-state index < -0.39 is 0 Å². The molecule has 2 fully saturated rings. The molecular formula is C18H32N2O3. The number of hydrogen-bond acceptors (Lipinski definition) is 3. The molecule has 2 aliphatic rings. The van der Waals surface area contributed by atoms with E-state index in [2.05, 4.69) is 19.2 Å².